The number of halogens is 3. The van der Waals surface area contributed by atoms with E-state index in [1.807, 2.05) is 0 Å². The molecule has 0 aliphatic heterocycles. The zero-order valence-electron chi connectivity index (χ0n) is 12.3. The normalized spacial score (nSPS) is 24.3. The summed E-state index contributed by atoms with van der Waals surface area (Å²) >= 11 is 0. The molecule has 0 spiro atoms. The van der Waals surface area contributed by atoms with E-state index < -0.39 is 6.36 Å². The van der Waals surface area contributed by atoms with E-state index in [2.05, 4.69) is 30.8 Å². The fourth-order valence-electron chi connectivity index (χ4n) is 2.56. The van der Waals surface area contributed by atoms with Gasteiger partial charge in [0.05, 0.1) is 0 Å². The molecule has 2 atom stereocenters. The molecule has 2 unspecified atom stereocenters. The van der Waals surface area contributed by atoms with E-state index in [0.717, 1.165) is 13.0 Å². The lowest BCUT2D eigenvalue weighted by Crippen LogP contribution is -2.62. The second-order valence-electron chi connectivity index (χ2n) is 5.79. The predicted octanol–water partition coefficient (Wildman–Crippen LogP) is 3.74. The van der Waals surface area contributed by atoms with E-state index in [0.29, 0.717) is 11.8 Å². The Morgan fingerprint density at radius 3 is 2.24 bits per heavy atom. The maximum Gasteiger partial charge on any atom is 0.573 e. The van der Waals surface area contributed by atoms with Gasteiger partial charge >= 0.3 is 6.36 Å². The molecule has 1 N–H and O–H groups in total. The van der Waals surface area contributed by atoms with Crippen LogP contribution < -0.4 is 14.8 Å². The molecule has 6 heteroatoms. The van der Waals surface area contributed by atoms with Gasteiger partial charge in [0.2, 0.25) is 0 Å². The quantitative estimate of drug-likeness (QED) is 0.899. The Kier molecular flexibility index (Phi) is 4.37. The number of ether oxygens (including phenoxy) is 2. The molecular weight excluding hydrogens is 283 g/mol. The Labute approximate surface area is 122 Å². The first-order valence-corrected chi connectivity index (χ1v) is 6.98. The van der Waals surface area contributed by atoms with Crippen LogP contribution in [0.25, 0.3) is 0 Å². The van der Waals surface area contributed by atoms with Crippen LogP contribution in [0.1, 0.15) is 27.2 Å². The van der Waals surface area contributed by atoms with Crippen molar-refractivity contribution in [1.82, 2.24) is 5.32 Å². The molecule has 1 aromatic rings. The lowest BCUT2D eigenvalue weighted by molar-refractivity contribution is -0.274. The highest BCUT2D eigenvalue weighted by atomic mass is 19.4. The van der Waals surface area contributed by atoms with Crippen molar-refractivity contribution < 1.29 is 22.6 Å². The van der Waals surface area contributed by atoms with Gasteiger partial charge in [-0.1, -0.05) is 20.8 Å². The summed E-state index contributed by atoms with van der Waals surface area (Å²) in [6.45, 7) is 7.21. The van der Waals surface area contributed by atoms with Gasteiger partial charge in [0.1, 0.15) is 17.6 Å². The zero-order valence-corrected chi connectivity index (χ0v) is 12.3. The molecule has 0 saturated heterocycles. The van der Waals surface area contributed by atoms with Gasteiger partial charge in [0.25, 0.3) is 0 Å². The van der Waals surface area contributed by atoms with Gasteiger partial charge in [-0.2, -0.15) is 0 Å². The highest BCUT2D eigenvalue weighted by Crippen LogP contribution is 2.43. The van der Waals surface area contributed by atoms with Crippen molar-refractivity contribution in [2.45, 2.75) is 45.7 Å². The minimum Gasteiger partial charge on any atom is -0.490 e. The summed E-state index contributed by atoms with van der Waals surface area (Å²) in [7, 11) is 0. The molecule has 21 heavy (non-hydrogen) atoms. The Balaban J connectivity index is 1.93. The molecule has 1 aliphatic carbocycles. The Morgan fingerprint density at radius 2 is 1.76 bits per heavy atom. The molecule has 1 fully saturated rings. The van der Waals surface area contributed by atoms with E-state index in [1.165, 1.54) is 24.3 Å². The van der Waals surface area contributed by atoms with Crippen LogP contribution in [0, 0.1) is 5.41 Å². The number of hydrogen-bond donors (Lipinski definition) is 1. The number of nitrogens with one attached hydrogen (secondary N) is 1. The van der Waals surface area contributed by atoms with Gasteiger partial charge in [-0.25, -0.2) is 0 Å². The van der Waals surface area contributed by atoms with Gasteiger partial charge in [0, 0.05) is 17.9 Å². The smallest absolute Gasteiger partial charge is 0.490 e. The van der Waals surface area contributed by atoms with E-state index in [-0.39, 0.29) is 17.3 Å². The summed E-state index contributed by atoms with van der Waals surface area (Å²) in [5.74, 6) is 0.311. The molecule has 3 nitrogen and oxygen atoms in total. The largest absolute Gasteiger partial charge is 0.573 e. The van der Waals surface area contributed by atoms with Crippen molar-refractivity contribution in [3.63, 3.8) is 0 Å². The fourth-order valence-corrected chi connectivity index (χ4v) is 2.56. The van der Waals surface area contributed by atoms with Crippen LogP contribution in [0.2, 0.25) is 0 Å². The predicted molar refractivity (Wildman–Crippen MR) is 73.4 cm³/mol. The minimum atomic E-state index is -4.67. The topological polar surface area (TPSA) is 30.5 Å². The Bertz CT molecular complexity index is 471. The maximum absolute atomic E-state index is 12.1. The minimum absolute atomic E-state index is 0.00283. The third-order valence-electron chi connectivity index (χ3n) is 3.96. The Hall–Kier alpha value is -1.43. The molecule has 0 amide bonds. The average Bonchev–Trinajstić information content (AvgIpc) is 2.38. The molecule has 1 saturated carbocycles. The van der Waals surface area contributed by atoms with Crippen molar-refractivity contribution >= 4 is 0 Å². The maximum atomic E-state index is 12.1. The molecule has 1 aliphatic rings. The number of alkyl halides is 3. The van der Waals surface area contributed by atoms with E-state index in [9.17, 15) is 13.2 Å². The third-order valence-corrected chi connectivity index (χ3v) is 3.96. The van der Waals surface area contributed by atoms with Crippen LogP contribution in [0.4, 0.5) is 13.2 Å². The second-order valence-corrected chi connectivity index (χ2v) is 5.79. The lowest BCUT2D eigenvalue weighted by atomic mass is 9.64. The third kappa shape index (κ3) is 3.81. The lowest BCUT2D eigenvalue weighted by Gasteiger charge is -2.51. The molecule has 1 aromatic carbocycles. The van der Waals surface area contributed by atoms with E-state index in [4.69, 9.17) is 4.74 Å². The summed E-state index contributed by atoms with van der Waals surface area (Å²) in [6.07, 6.45) is -3.73. The first kappa shape index (κ1) is 15.9. The summed E-state index contributed by atoms with van der Waals surface area (Å²) < 4.78 is 45.9. The monoisotopic (exact) mass is 303 g/mol. The molecule has 118 valence electrons. The van der Waals surface area contributed by atoms with Crippen LogP contribution in [0.5, 0.6) is 11.5 Å². The summed E-state index contributed by atoms with van der Waals surface area (Å²) in [5.41, 5.74) is -0.00283. The fraction of sp³-hybridized carbons (Fsp3) is 0.600. The molecule has 0 radical (unpaired) electrons. The number of benzene rings is 1. The van der Waals surface area contributed by atoms with Crippen LogP contribution in [-0.2, 0) is 0 Å². The molecule has 0 bridgehead atoms. The van der Waals surface area contributed by atoms with Crippen LogP contribution in [0.3, 0.4) is 0 Å². The first-order valence-electron chi connectivity index (χ1n) is 6.98. The van der Waals surface area contributed by atoms with Crippen molar-refractivity contribution in [2.75, 3.05) is 6.54 Å². The van der Waals surface area contributed by atoms with E-state index >= 15 is 0 Å². The molecular formula is C15H20F3NO2. The van der Waals surface area contributed by atoms with Gasteiger partial charge < -0.3 is 14.8 Å². The van der Waals surface area contributed by atoms with Crippen LogP contribution in [-0.4, -0.2) is 25.1 Å². The van der Waals surface area contributed by atoms with Crippen molar-refractivity contribution in [1.29, 1.82) is 0 Å². The molecule has 0 aromatic heterocycles. The van der Waals surface area contributed by atoms with Crippen LogP contribution in [0.15, 0.2) is 24.3 Å². The van der Waals surface area contributed by atoms with E-state index in [1.54, 1.807) is 0 Å². The molecule has 2 rings (SSSR count). The van der Waals surface area contributed by atoms with Gasteiger partial charge in [0.15, 0.2) is 0 Å². The average molecular weight is 303 g/mol. The molecule has 0 heterocycles. The highest BCUT2D eigenvalue weighted by Gasteiger charge is 2.49. The highest BCUT2D eigenvalue weighted by molar-refractivity contribution is 5.32. The summed E-state index contributed by atoms with van der Waals surface area (Å²) in [4.78, 5) is 0. The van der Waals surface area contributed by atoms with Gasteiger partial charge in [-0.05, 0) is 30.8 Å². The number of rotatable bonds is 5. The zero-order chi connectivity index (χ0) is 15.7. The first-order chi connectivity index (χ1) is 9.72. The Morgan fingerprint density at radius 1 is 1.19 bits per heavy atom. The summed E-state index contributed by atoms with van der Waals surface area (Å²) in [5, 5.41) is 3.40. The van der Waals surface area contributed by atoms with Gasteiger partial charge in [-0.3, -0.25) is 0 Å². The SMILES string of the molecule is CCNC1CC(Oc2ccc(OC(F)(F)F)cc2)C1(C)C. The second kappa shape index (κ2) is 5.75. The number of hydrogen-bond acceptors (Lipinski definition) is 3. The van der Waals surface area contributed by atoms with Crippen LogP contribution >= 0.6 is 0 Å². The van der Waals surface area contributed by atoms with Crippen molar-refractivity contribution in [3.05, 3.63) is 24.3 Å². The summed E-state index contributed by atoms with van der Waals surface area (Å²) in [6, 6.07) is 5.92. The van der Waals surface area contributed by atoms with Gasteiger partial charge in [-0.15, -0.1) is 13.2 Å². The van der Waals surface area contributed by atoms with Crippen molar-refractivity contribution in [3.8, 4) is 11.5 Å². The van der Waals surface area contributed by atoms with Crippen molar-refractivity contribution in [2.24, 2.45) is 5.41 Å². The standard InChI is InChI=1S/C15H20F3NO2/c1-4-19-12-9-13(14(12,2)3)20-10-5-7-11(8-6-10)21-15(16,17)18/h5-8,12-13,19H,4,9H2,1-3H3.